The van der Waals surface area contributed by atoms with Crippen LogP contribution in [0.5, 0.6) is 0 Å². The van der Waals surface area contributed by atoms with Crippen molar-refractivity contribution >= 4 is 5.97 Å². The molecule has 0 saturated carbocycles. The summed E-state index contributed by atoms with van der Waals surface area (Å²) in [4.78, 5) is 10.6. The van der Waals surface area contributed by atoms with Crippen LogP contribution in [0.2, 0.25) is 0 Å². The third-order valence-corrected chi connectivity index (χ3v) is 3.56. The first-order valence-corrected chi connectivity index (χ1v) is 7.50. The van der Waals surface area contributed by atoms with Gasteiger partial charge in [0.25, 0.3) is 0 Å². The Morgan fingerprint density at radius 3 is 1.83 bits per heavy atom. The van der Waals surface area contributed by atoms with Crippen molar-refractivity contribution in [2.75, 3.05) is 0 Å². The van der Waals surface area contributed by atoms with Crippen molar-refractivity contribution in [3.63, 3.8) is 0 Å². The van der Waals surface area contributed by atoms with E-state index in [1.54, 1.807) is 0 Å². The Hall–Kier alpha value is -0.570. The van der Waals surface area contributed by atoms with Gasteiger partial charge in [-0.15, -0.1) is 0 Å². The molecule has 0 aromatic carbocycles. The van der Waals surface area contributed by atoms with Crippen LogP contribution in [0.3, 0.4) is 0 Å². The molecule has 0 aromatic rings. The Morgan fingerprint density at radius 2 is 1.39 bits per heavy atom. The number of aliphatic hydroxyl groups is 1. The summed E-state index contributed by atoms with van der Waals surface area (Å²) in [5.41, 5.74) is 0. The summed E-state index contributed by atoms with van der Waals surface area (Å²) in [5, 5.41) is 18.0. The minimum Gasteiger partial charge on any atom is -0.479 e. The Kier molecular flexibility index (Phi) is 11.2. The molecule has 0 heterocycles. The van der Waals surface area contributed by atoms with Gasteiger partial charge in [-0.2, -0.15) is 0 Å². The zero-order valence-electron chi connectivity index (χ0n) is 12.0. The third kappa shape index (κ3) is 9.46. The van der Waals surface area contributed by atoms with Crippen molar-refractivity contribution in [3.05, 3.63) is 0 Å². The summed E-state index contributed by atoms with van der Waals surface area (Å²) < 4.78 is 0. The molecule has 0 aromatic heterocycles. The van der Waals surface area contributed by atoms with Crippen LogP contribution in [0.4, 0.5) is 0 Å². The summed E-state index contributed by atoms with van der Waals surface area (Å²) in [6.07, 6.45) is 11.0. The highest BCUT2D eigenvalue weighted by Crippen LogP contribution is 2.15. The number of carbonyl (C=O) groups is 1. The fraction of sp³-hybridized carbons (Fsp3) is 0.933. The van der Waals surface area contributed by atoms with Gasteiger partial charge in [-0.25, -0.2) is 4.79 Å². The number of unbranched alkanes of at least 4 members (excludes halogenated alkanes) is 8. The van der Waals surface area contributed by atoms with E-state index in [-0.39, 0.29) is 5.92 Å². The van der Waals surface area contributed by atoms with E-state index in [1.807, 2.05) is 6.92 Å². The van der Waals surface area contributed by atoms with E-state index in [0.717, 1.165) is 19.3 Å². The standard InChI is InChI=1S/C15H30O3/c1-3-4-5-6-7-8-9-10-11-12-13(2)14(16)15(17)18/h13-14,16H,3-12H2,1-2H3,(H,17,18). The van der Waals surface area contributed by atoms with E-state index in [0.29, 0.717) is 0 Å². The molecule has 2 atom stereocenters. The smallest absolute Gasteiger partial charge is 0.332 e. The lowest BCUT2D eigenvalue weighted by molar-refractivity contribution is -0.149. The molecule has 2 unspecified atom stereocenters. The molecule has 3 nitrogen and oxygen atoms in total. The molecule has 108 valence electrons. The molecule has 0 bridgehead atoms. The van der Waals surface area contributed by atoms with Gasteiger partial charge in [-0.05, 0) is 12.3 Å². The fourth-order valence-corrected chi connectivity index (χ4v) is 2.18. The fourth-order valence-electron chi connectivity index (χ4n) is 2.18. The van der Waals surface area contributed by atoms with E-state index in [4.69, 9.17) is 5.11 Å². The first-order chi connectivity index (χ1) is 8.59. The van der Waals surface area contributed by atoms with Crippen molar-refractivity contribution in [1.82, 2.24) is 0 Å². The maximum Gasteiger partial charge on any atom is 0.332 e. The summed E-state index contributed by atoms with van der Waals surface area (Å²) in [7, 11) is 0. The monoisotopic (exact) mass is 258 g/mol. The largest absolute Gasteiger partial charge is 0.479 e. The minimum absolute atomic E-state index is 0.132. The quantitative estimate of drug-likeness (QED) is 0.520. The van der Waals surface area contributed by atoms with E-state index in [2.05, 4.69) is 6.92 Å². The first-order valence-electron chi connectivity index (χ1n) is 7.50. The van der Waals surface area contributed by atoms with Gasteiger partial charge in [0.05, 0.1) is 0 Å². The Labute approximate surface area is 112 Å². The first kappa shape index (κ1) is 17.4. The Morgan fingerprint density at radius 1 is 0.944 bits per heavy atom. The SMILES string of the molecule is CCCCCCCCCCCC(C)C(O)C(=O)O. The van der Waals surface area contributed by atoms with Crippen LogP contribution in [0.15, 0.2) is 0 Å². The van der Waals surface area contributed by atoms with Crippen molar-refractivity contribution in [3.8, 4) is 0 Å². The molecular formula is C15H30O3. The highest BCUT2D eigenvalue weighted by atomic mass is 16.4. The van der Waals surface area contributed by atoms with Crippen LogP contribution in [0.1, 0.15) is 78.1 Å². The molecular weight excluding hydrogens is 228 g/mol. The van der Waals surface area contributed by atoms with Crippen molar-refractivity contribution < 1.29 is 15.0 Å². The average Bonchev–Trinajstić information content (AvgIpc) is 2.35. The number of rotatable bonds is 12. The van der Waals surface area contributed by atoms with Crippen molar-refractivity contribution in [1.29, 1.82) is 0 Å². The van der Waals surface area contributed by atoms with Gasteiger partial charge in [0.2, 0.25) is 0 Å². The van der Waals surface area contributed by atoms with Gasteiger partial charge in [0.1, 0.15) is 0 Å². The lowest BCUT2D eigenvalue weighted by atomic mass is 9.97. The summed E-state index contributed by atoms with van der Waals surface area (Å²) in [6, 6.07) is 0. The van der Waals surface area contributed by atoms with Crippen LogP contribution in [0.25, 0.3) is 0 Å². The molecule has 0 fully saturated rings. The second-order valence-electron chi connectivity index (χ2n) is 5.38. The van der Waals surface area contributed by atoms with Crippen molar-refractivity contribution in [2.24, 2.45) is 5.92 Å². The van der Waals surface area contributed by atoms with E-state index < -0.39 is 12.1 Å². The zero-order valence-corrected chi connectivity index (χ0v) is 12.0. The van der Waals surface area contributed by atoms with Gasteiger partial charge in [-0.1, -0.05) is 71.6 Å². The molecule has 0 amide bonds. The zero-order chi connectivity index (χ0) is 13.8. The van der Waals surface area contributed by atoms with Crippen molar-refractivity contribution in [2.45, 2.75) is 84.2 Å². The van der Waals surface area contributed by atoms with Gasteiger partial charge in [-0.3, -0.25) is 0 Å². The number of hydrogen-bond acceptors (Lipinski definition) is 2. The molecule has 0 aliphatic rings. The molecule has 18 heavy (non-hydrogen) atoms. The molecule has 3 heteroatoms. The molecule has 0 spiro atoms. The number of carboxylic acid groups (broad SMARTS) is 1. The summed E-state index contributed by atoms with van der Waals surface area (Å²) in [6.45, 7) is 4.04. The highest BCUT2D eigenvalue weighted by molar-refractivity contribution is 5.72. The predicted molar refractivity (Wildman–Crippen MR) is 74.7 cm³/mol. The third-order valence-electron chi connectivity index (χ3n) is 3.56. The second-order valence-corrected chi connectivity index (χ2v) is 5.38. The van der Waals surface area contributed by atoms with E-state index in [9.17, 15) is 9.90 Å². The number of aliphatic carboxylic acids is 1. The number of aliphatic hydroxyl groups excluding tert-OH is 1. The highest BCUT2D eigenvalue weighted by Gasteiger charge is 2.20. The maximum atomic E-state index is 10.6. The van der Waals surface area contributed by atoms with Crippen LogP contribution >= 0.6 is 0 Å². The molecule has 0 radical (unpaired) electrons. The van der Waals surface area contributed by atoms with E-state index in [1.165, 1.54) is 44.9 Å². The molecule has 0 rings (SSSR count). The Balaban J connectivity index is 3.27. The Bertz CT molecular complexity index is 204. The minimum atomic E-state index is -1.20. The maximum absolute atomic E-state index is 10.6. The van der Waals surface area contributed by atoms with Crippen LogP contribution in [-0.2, 0) is 4.79 Å². The summed E-state index contributed by atoms with van der Waals surface area (Å²) >= 11 is 0. The van der Waals surface area contributed by atoms with Crippen LogP contribution in [-0.4, -0.2) is 22.3 Å². The van der Waals surface area contributed by atoms with Gasteiger partial charge in [0.15, 0.2) is 6.10 Å². The molecule has 0 aliphatic heterocycles. The number of carboxylic acids is 1. The van der Waals surface area contributed by atoms with Crippen LogP contribution in [0, 0.1) is 5.92 Å². The molecule has 2 N–H and O–H groups in total. The predicted octanol–water partition coefficient (Wildman–Crippen LogP) is 3.99. The molecule has 0 aliphatic carbocycles. The van der Waals surface area contributed by atoms with Gasteiger partial charge >= 0.3 is 5.97 Å². The number of hydrogen-bond donors (Lipinski definition) is 2. The average molecular weight is 258 g/mol. The lowest BCUT2D eigenvalue weighted by Crippen LogP contribution is -2.27. The lowest BCUT2D eigenvalue weighted by Gasteiger charge is -2.14. The second kappa shape index (κ2) is 11.5. The topological polar surface area (TPSA) is 57.5 Å². The molecule has 0 saturated heterocycles. The van der Waals surface area contributed by atoms with E-state index >= 15 is 0 Å². The van der Waals surface area contributed by atoms with Gasteiger partial charge < -0.3 is 10.2 Å². The summed E-state index contributed by atoms with van der Waals surface area (Å²) in [5.74, 6) is -1.23. The van der Waals surface area contributed by atoms with Gasteiger partial charge in [0, 0.05) is 0 Å². The normalized spacial score (nSPS) is 14.4. The van der Waals surface area contributed by atoms with Crippen LogP contribution < -0.4 is 0 Å².